The van der Waals surface area contributed by atoms with Crippen LogP contribution in [0.2, 0.25) is 5.02 Å². The Morgan fingerprint density at radius 3 is 2.54 bits per heavy atom. The molecule has 6 heteroatoms. The molecule has 0 bridgehead atoms. The quantitative estimate of drug-likeness (QED) is 0.712. The molecule has 1 heterocycles. The second kappa shape index (κ2) is 7.72. The number of halogens is 2. The molecule has 1 fully saturated rings. The second-order valence-corrected chi connectivity index (χ2v) is 7.57. The van der Waals surface area contributed by atoms with Crippen molar-refractivity contribution < 1.29 is 4.79 Å². The van der Waals surface area contributed by atoms with Crippen LogP contribution >= 0.6 is 34.2 Å². The Kier molecular flexibility index (Phi) is 5.63. The number of amides is 1. The van der Waals surface area contributed by atoms with Crippen LogP contribution in [-0.2, 0) is 0 Å². The molecular weight excluding hydrogens is 437 g/mol. The number of anilines is 2. The maximum atomic E-state index is 12.3. The molecule has 0 aromatic heterocycles. The Morgan fingerprint density at radius 1 is 1.12 bits per heavy atom. The van der Waals surface area contributed by atoms with Gasteiger partial charge in [-0.15, -0.1) is 0 Å². The van der Waals surface area contributed by atoms with Gasteiger partial charge in [0.2, 0.25) is 0 Å². The summed E-state index contributed by atoms with van der Waals surface area (Å²) >= 11 is 8.64. The van der Waals surface area contributed by atoms with Gasteiger partial charge in [-0.05, 0) is 66.0 Å². The van der Waals surface area contributed by atoms with Crippen LogP contribution in [0.1, 0.15) is 10.4 Å². The first kappa shape index (κ1) is 17.5. The van der Waals surface area contributed by atoms with Crippen molar-refractivity contribution >= 4 is 51.5 Å². The Bertz CT molecular complexity index is 745. The first-order chi connectivity index (χ1) is 11.5. The number of hydrogen-bond acceptors (Lipinski definition) is 3. The molecule has 0 saturated carbocycles. The summed E-state index contributed by atoms with van der Waals surface area (Å²) in [5, 5.41) is 3.58. The lowest BCUT2D eigenvalue weighted by molar-refractivity contribution is 0.102. The highest BCUT2D eigenvalue weighted by Gasteiger charge is 2.17. The Labute approximate surface area is 160 Å². The summed E-state index contributed by atoms with van der Waals surface area (Å²) in [5.74, 6) is -0.128. The van der Waals surface area contributed by atoms with E-state index in [0.29, 0.717) is 16.3 Å². The van der Waals surface area contributed by atoms with Crippen LogP contribution in [0.25, 0.3) is 0 Å². The molecule has 1 N–H and O–H groups in total. The van der Waals surface area contributed by atoms with Crippen LogP contribution in [-0.4, -0.2) is 44.0 Å². The molecule has 0 radical (unpaired) electrons. The third-order valence-corrected chi connectivity index (χ3v) is 5.11. The monoisotopic (exact) mass is 455 g/mol. The van der Waals surface area contributed by atoms with Gasteiger partial charge < -0.3 is 15.1 Å². The van der Waals surface area contributed by atoms with E-state index in [-0.39, 0.29) is 5.91 Å². The molecule has 1 saturated heterocycles. The zero-order valence-corrected chi connectivity index (χ0v) is 16.3. The number of nitrogens with one attached hydrogen (secondary N) is 1. The van der Waals surface area contributed by atoms with Crippen molar-refractivity contribution in [1.29, 1.82) is 0 Å². The maximum absolute atomic E-state index is 12.3. The Balaban J connectivity index is 1.71. The predicted molar refractivity (Wildman–Crippen MR) is 108 cm³/mol. The van der Waals surface area contributed by atoms with E-state index in [1.54, 1.807) is 6.07 Å². The minimum Gasteiger partial charge on any atom is -0.368 e. The van der Waals surface area contributed by atoms with E-state index < -0.39 is 0 Å². The Hall–Kier alpha value is -1.31. The number of likely N-dealkylation sites (N-methyl/N-ethyl adjacent to an activating group) is 1. The molecule has 1 aliphatic heterocycles. The Morgan fingerprint density at radius 2 is 1.88 bits per heavy atom. The van der Waals surface area contributed by atoms with Crippen molar-refractivity contribution in [2.75, 3.05) is 43.4 Å². The van der Waals surface area contributed by atoms with Gasteiger partial charge in [-0.3, -0.25) is 4.79 Å². The molecule has 4 nitrogen and oxygen atoms in total. The molecule has 126 valence electrons. The van der Waals surface area contributed by atoms with Crippen LogP contribution in [0.3, 0.4) is 0 Å². The SMILES string of the molecule is CN1CCN(c2ccc(NC(=O)c3cccc(I)c3)cc2Cl)CC1. The van der Waals surface area contributed by atoms with E-state index in [2.05, 4.69) is 44.8 Å². The summed E-state index contributed by atoms with van der Waals surface area (Å²) in [6.07, 6.45) is 0. The molecule has 0 aliphatic carbocycles. The van der Waals surface area contributed by atoms with Crippen molar-refractivity contribution in [3.63, 3.8) is 0 Å². The topological polar surface area (TPSA) is 35.6 Å². The van der Waals surface area contributed by atoms with Gasteiger partial charge in [0.15, 0.2) is 0 Å². The van der Waals surface area contributed by atoms with Crippen LogP contribution in [0, 0.1) is 3.57 Å². The molecule has 0 spiro atoms. The molecule has 1 aliphatic rings. The minimum atomic E-state index is -0.128. The largest absolute Gasteiger partial charge is 0.368 e. The summed E-state index contributed by atoms with van der Waals surface area (Å²) in [7, 11) is 2.13. The minimum absolute atomic E-state index is 0.128. The summed E-state index contributed by atoms with van der Waals surface area (Å²) in [6, 6.07) is 13.2. The van der Waals surface area contributed by atoms with Gasteiger partial charge in [0.25, 0.3) is 5.91 Å². The molecule has 1 amide bonds. The highest BCUT2D eigenvalue weighted by atomic mass is 127. The van der Waals surface area contributed by atoms with E-state index >= 15 is 0 Å². The average Bonchev–Trinajstić information content (AvgIpc) is 2.56. The maximum Gasteiger partial charge on any atom is 0.255 e. The average molecular weight is 456 g/mol. The number of hydrogen-bond donors (Lipinski definition) is 1. The van der Waals surface area contributed by atoms with Crippen molar-refractivity contribution in [2.45, 2.75) is 0 Å². The summed E-state index contributed by atoms with van der Waals surface area (Å²) in [6.45, 7) is 3.98. The molecule has 0 atom stereocenters. The zero-order chi connectivity index (χ0) is 17.1. The van der Waals surface area contributed by atoms with Gasteiger partial charge >= 0.3 is 0 Å². The van der Waals surface area contributed by atoms with Crippen LogP contribution in [0.15, 0.2) is 42.5 Å². The standard InChI is InChI=1S/C18H19ClIN3O/c1-22-7-9-23(10-8-22)17-6-5-15(12-16(17)19)21-18(24)13-3-2-4-14(20)11-13/h2-6,11-12H,7-10H2,1H3,(H,21,24). The summed E-state index contributed by atoms with van der Waals surface area (Å²) in [4.78, 5) is 16.9. The van der Waals surface area contributed by atoms with E-state index in [0.717, 1.165) is 35.4 Å². The fraction of sp³-hybridized carbons (Fsp3) is 0.278. The number of carbonyl (C=O) groups excluding carboxylic acids is 1. The predicted octanol–water partition coefficient (Wildman–Crippen LogP) is 3.95. The molecule has 2 aromatic rings. The van der Waals surface area contributed by atoms with Crippen molar-refractivity contribution in [2.24, 2.45) is 0 Å². The van der Waals surface area contributed by atoms with E-state index in [1.807, 2.05) is 36.4 Å². The van der Waals surface area contributed by atoms with Gasteiger partial charge in [-0.25, -0.2) is 0 Å². The molecular formula is C18H19ClIN3O. The molecule has 2 aromatic carbocycles. The van der Waals surface area contributed by atoms with E-state index in [4.69, 9.17) is 11.6 Å². The van der Waals surface area contributed by atoms with Gasteiger partial charge in [-0.2, -0.15) is 0 Å². The third-order valence-electron chi connectivity index (χ3n) is 4.14. The molecule has 3 rings (SSSR count). The smallest absolute Gasteiger partial charge is 0.255 e. The molecule has 24 heavy (non-hydrogen) atoms. The summed E-state index contributed by atoms with van der Waals surface area (Å²) in [5.41, 5.74) is 2.37. The van der Waals surface area contributed by atoms with Gasteiger partial charge in [0.1, 0.15) is 0 Å². The highest BCUT2D eigenvalue weighted by molar-refractivity contribution is 14.1. The van der Waals surface area contributed by atoms with Crippen LogP contribution in [0.4, 0.5) is 11.4 Å². The van der Waals surface area contributed by atoms with E-state index in [9.17, 15) is 4.79 Å². The lowest BCUT2D eigenvalue weighted by atomic mass is 10.2. The highest BCUT2D eigenvalue weighted by Crippen LogP contribution is 2.29. The lowest BCUT2D eigenvalue weighted by Gasteiger charge is -2.34. The van der Waals surface area contributed by atoms with Crippen LogP contribution in [0.5, 0.6) is 0 Å². The van der Waals surface area contributed by atoms with Gasteiger partial charge in [0, 0.05) is 41.0 Å². The lowest BCUT2D eigenvalue weighted by Crippen LogP contribution is -2.44. The number of nitrogens with zero attached hydrogens (tertiary/aromatic N) is 2. The second-order valence-electron chi connectivity index (χ2n) is 5.92. The van der Waals surface area contributed by atoms with Crippen molar-refractivity contribution in [3.8, 4) is 0 Å². The third kappa shape index (κ3) is 4.20. The number of carbonyl (C=O) groups is 1. The number of piperazine rings is 1. The van der Waals surface area contributed by atoms with E-state index in [1.165, 1.54) is 0 Å². The summed E-state index contributed by atoms with van der Waals surface area (Å²) < 4.78 is 1.03. The number of benzene rings is 2. The fourth-order valence-electron chi connectivity index (χ4n) is 2.72. The first-order valence-corrected chi connectivity index (χ1v) is 9.28. The van der Waals surface area contributed by atoms with Gasteiger partial charge in [0.05, 0.1) is 10.7 Å². The zero-order valence-electron chi connectivity index (χ0n) is 13.4. The van der Waals surface area contributed by atoms with Gasteiger partial charge in [-0.1, -0.05) is 17.7 Å². The van der Waals surface area contributed by atoms with Crippen LogP contribution < -0.4 is 10.2 Å². The number of rotatable bonds is 3. The molecule has 0 unspecified atom stereocenters. The fourth-order valence-corrected chi connectivity index (χ4v) is 3.56. The first-order valence-electron chi connectivity index (χ1n) is 7.83. The normalized spacial score (nSPS) is 15.4. The van der Waals surface area contributed by atoms with Crippen molar-refractivity contribution in [1.82, 2.24) is 4.90 Å². The van der Waals surface area contributed by atoms with Crippen molar-refractivity contribution in [3.05, 3.63) is 56.6 Å².